The third-order valence-corrected chi connectivity index (χ3v) is 2.24. The van der Waals surface area contributed by atoms with Gasteiger partial charge in [0.1, 0.15) is 11.4 Å². The van der Waals surface area contributed by atoms with Gasteiger partial charge in [0.15, 0.2) is 0 Å². The van der Waals surface area contributed by atoms with E-state index in [1.165, 1.54) is 18.2 Å². The molecular weight excluding hydrogens is 251 g/mol. The topological polar surface area (TPSA) is 84.6 Å². The van der Waals surface area contributed by atoms with E-state index >= 15 is 0 Å². The van der Waals surface area contributed by atoms with E-state index in [4.69, 9.17) is 15.6 Å². The number of carbonyl (C=O) groups excluding carboxylic acids is 1. The Morgan fingerprint density at radius 2 is 2.16 bits per heavy atom. The van der Waals surface area contributed by atoms with Gasteiger partial charge in [0.05, 0.1) is 12.6 Å². The quantitative estimate of drug-likeness (QED) is 0.785. The zero-order valence-corrected chi connectivity index (χ0v) is 11.2. The number of hydrogen-bond acceptors (Lipinski definition) is 4. The number of carbonyl (C=O) groups is 1. The third-order valence-electron chi connectivity index (χ3n) is 2.24. The van der Waals surface area contributed by atoms with Gasteiger partial charge in [-0.05, 0) is 39.0 Å². The number of anilines is 1. The molecule has 0 saturated heterocycles. The van der Waals surface area contributed by atoms with Crippen LogP contribution in [0.3, 0.4) is 0 Å². The summed E-state index contributed by atoms with van der Waals surface area (Å²) < 4.78 is 18.6. The molecule has 0 radical (unpaired) electrons. The molecule has 0 aliphatic rings. The first-order valence-corrected chi connectivity index (χ1v) is 5.89. The minimum atomic E-state index is -0.833. The van der Waals surface area contributed by atoms with E-state index in [9.17, 15) is 9.18 Å². The molecule has 0 fully saturated rings. The first-order chi connectivity index (χ1) is 8.73. The van der Waals surface area contributed by atoms with E-state index in [-0.39, 0.29) is 12.2 Å². The normalized spacial score (nSPS) is 12.9. The Kier molecular flexibility index (Phi) is 4.85. The van der Waals surface area contributed by atoms with Gasteiger partial charge in [-0.25, -0.2) is 9.18 Å². The first kappa shape index (κ1) is 15.4. The van der Waals surface area contributed by atoms with Crippen LogP contribution in [0.5, 0.6) is 0 Å². The van der Waals surface area contributed by atoms with Crippen LogP contribution in [-0.4, -0.2) is 23.4 Å². The number of aliphatic hydroxyl groups excluding tert-OH is 1. The number of rotatable bonds is 3. The molecule has 1 amide bonds. The second kappa shape index (κ2) is 5.99. The Labute approximate surface area is 111 Å². The van der Waals surface area contributed by atoms with E-state index in [1.54, 1.807) is 20.8 Å². The van der Waals surface area contributed by atoms with Crippen LogP contribution in [0, 0.1) is 5.82 Å². The van der Waals surface area contributed by atoms with Crippen LogP contribution in [0.15, 0.2) is 18.2 Å². The highest BCUT2D eigenvalue weighted by Gasteiger charge is 2.17. The van der Waals surface area contributed by atoms with Gasteiger partial charge in [-0.1, -0.05) is 0 Å². The molecule has 1 aromatic rings. The molecule has 19 heavy (non-hydrogen) atoms. The number of nitrogens with two attached hydrogens (primary N) is 1. The predicted molar refractivity (Wildman–Crippen MR) is 70.3 cm³/mol. The molecule has 106 valence electrons. The highest BCUT2D eigenvalue weighted by Crippen LogP contribution is 2.20. The summed E-state index contributed by atoms with van der Waals surface area (Å²) in [6.07, 6.45) is -0.636. The highest BCUT2D eigenvalue weighted by atomic mass is 19.1. The van der Waals surface area contributed by atoms with E-state index < -0.39 is 23.6 Å². The summed E-state index contributed by atoms with van der Waals surface area (Å²) in [5.74, 6) is -0.531. The Hall–Kier alpha value is -1.66. The van der Waals surface area contributed by atoms with Gasteiger partial charge in [0, 0.05) is 11.3 Å². The molecule has 0 aliphatic heterocycles. The van der Waals surface area contributed by atoms with Crippen molar-refractivity contribution in [1.82, 2.24) is 0 Å². The number of ether oxygens (including phenoxy) is 1. The average molecular weight is 270 g/mol. The van der Waals surface area contributed by atoms with Crippen LogP contribution in [0.25, 0.3) is 0 Å². The number of halogens is 1. The summed E-state index contributed by atoms with van der Waals surface area (Å²) >= 11 is 0. The maximum absolute atomic E-state index is 13.5. The van der Waals surface area contributed by atoms with Crippen LogP contribution in [0.4, 0.5) is 14.9 Å². The molecule has 1 atom stereocenters. The van der Waals surface area contributed by atoms with Crippen molar-refractivity contribution in [3.63, 3.8) is 0 Å². The summed E-state index contributed by atoms with van der Waals surface area (Å²) in [6, 6.07) is 3.12. The second-order valence-electron chi connectivity index (χ2n) is 5.15. The second-order valence-corrected chi connectivity index (χ2v) is 5.15. The predicted octanol–water partition coefficient (Wildman–Crippen LogP) is 2.16. The van der Waals surface area contributed by atoms with Gasteiger partial charge in [0.2, 0.25) is 0 Å². The number of nitrogens with one attached hydrogen (secondary N) is 1. The fourth-order valence-corrected chi connectivity index (χ4v) is 1.43. The van der Waals surface area contributed by atoms with Crippen molar-refractivity contribution >= 4 is 11.8 Å². The van der Waals surface area contributed by atoms with Crippen LogP contribution < -0.4 is 11.1 Å². The molecule has 0 spiro atoms. The zero-order chi connectivity index (χ0) is 14.6. The van der Waals surface area contributed by atoms with Crippen molar-refractivity contribution in [1.29, 1.82) is 0 Å². The van der Waals surface area contributed by atoms with E-state index in [0.29, 0.717) is 5.69 Å². The maximum atomic E-state index is 13.5. The molecular formula is C13H19FN2O3. The Bertz CT molecular complexity index is 458. The summed E-state index contributed by atoms with van der Waals surface area (Å²) in [6.45, 7) is 4.84. The summed E-state index contributed by atoms with van der Waals surface area (Å²) in [5, 5.41) is 11.4. The number of hydrogen-bond donors (Lipinski definition) is 3. The molecule has 0 unspecified atom stereocenters. The van der Waals surface area contributed by atoms with Crippen molar-refractivity contribution in [2.75, 3.05) is 11.9 Å². The van der Waals surface area contributed by atoms with Crippen LogP contribution in [-0.2, 0) is 4.74 Å². The molecule has 0 heterocycles. The van der Waals surface area contributed by atoms with Crippen LogP contribution in [0.2, 0.25) is 0 Å². The fourth-order valence-electron chi connectivity index (χ4n) is 1.43. The van der Waals surface area contributed by atoms with E-state index in [0.717, 1.165) is 0 Å². The minimum Gasteiger partial charge on any atom is -0.444 e. The standard InChI is InChI=1S/C13H19FN2O3/c1-13(2,3)19-12(18)16-8-4-5-10(14)9(6-8)11(15)7-17/h4-6,11,17H,7,15H2,1-3H3,(H,16,18)/t11-/m0/s1. The van der Waals surface area contributed by atoms with Crippen molar-refractivity contribution in [2.24, 2.45) is 5.73 Å². The van der Waals surface area contributed by atoms with Crippen LogP contribution in [0.1, 0.15) is 32.4 Å². The zero-order valence-electron chi connectivity index (χ0n) is 11.2. The molecule has 1 aromatic carbocycles. The molecule has 0 bridgehead atoms. The molecule has 1 rings (SSSR count). The Balaban J connectivity index is 2.83. The van der Waals surface area contributed by atoms with Gasteiger partial charge in [0.25, 0.3) is 0 Å². The molecule has 6 heteroatoms. The summed E-state index contributed by atoms with van der Waals surface area (Å²) in [5.41, 5.74) is 5.44. The Morgan fingerprint density at radius 1 is 1.53 bits per heavy atom. The lowest BCUT2D eigenvalue weighted by Crippen LogP contribution is -2.27. The lowest BCUT2D eigenvalue weighted by Gasteiger charge is -2.20. The van der Waals surface area contributed by atoms with Crippen molar-refractivity contribution in [3.8, 4) is 0 Å². The molecule has 4 N–H and O–H groups in total. The molecule has 0 aliphatic carbocycles. The lowest BCUT2D eigenvalue weighted by atomic mass is 10.1. The largest absolute Gasteiger partial charge is 0.444 e. The fraction of sp³-hybridized carbons (Fsp3) is 0.462. The summed E-state index contributed by atoms with van der Waals surface area (Å²) in [7, 11) is 0. The maximum Gasteiger partial charge on any atom is 0.412 e. The number of amides is 1. The molecule has 5 nitrogen and oxygen atoms in total. The molecule has 0 aromatic heterocycles. The Morgan fingerprint density at radius 3 is 2.68 bits per heavy atom. The van der Waals surface area contributed by atoms with Crippen LogP contribution >= 0.6 is 0 Å². The summed E-state index contributed by atoms with van der Waals surface area (Å²) in [4.78, 5) is 11.6. The minimum absolute atomic E-state index is 0.135. The average Bonchev–Trinajstić information content (AvgIpc) is 2.28. The molecule has 0 saturated carbocycles. The first-order valence-electron chi connectivity index (χ1n) is 5.89. The number of benzene rings is 1. The van der Waals surface area contributed by atoms with E-state index in [1.807, 2.05) is 0 Å². The van der Waals surface area contributed by atoms with Gasteiger partial charge in [-0.15, -0.1) is 0 Å². The highest BCUT2D eigenvalue weighted by molar-refractivity contribution is 5.85. The van der Waals surface area contributed by atoms with Crippen molar-refractivity contribution in [2.45, 2.75) is 32.4 Å². The van der Waals surface area contributed by atoms with Crippen molar-refractivity contribution < 1.29 is 19.0 Å². The SMILES string of the molecule is CC(C)(C)OC(=O)Nc1ccc(F)c([C@@H](N)CO)c1. The number of aliphatic hydroxyl groups is 1. The van der Waals surface area contributed by atoms with E-state index in [2.05, 4.69) is 5.32 Å². The lowest BCUT2D eigenvalue weighted by molar-refractivity contribution is 0.0636. The van der Waals surface area contributed by atoms with Crippen molar-refractivity contribution in [3.05, 3.63) is 29.6 Å². The van der Waals surface area contributed by atoms with Gasteiger partial charge < -0.3 is 15.6 Å². The monoisotopic (exact) mass is 270 g/mol. The van der Waals surface area contributed by atoms with Gasteiger partial charge in [-0.3, -0.25) is 5.32 Å². The van der Waals surface area contributed by atoms with Gasteiger partial charge in [-0.2, -0.15) is 0 Å². The smallest absolute Gasteiger partial charge is 0.412 e. The third kappa shape index (κ3) is 4.84. The van der Waals surface area contributed by atoms with Gasteiger partial charge >= 0.3 is 6.09 Å².